The summed E-state index contributed by atoms with van der Waals surface area (Å²) in [5.74, 6) is -1.02. The van der Waals surface area contributed by atoms with Gasteiger partial charge in [-0.2, -0.15) is 10.5 Å². The molecule has 0 N–H and O–H groups in total. The average Bonchev–Trinajstić information content (AvgIpc) is 3.04. The second kappa shape index (κ2) is 6.98. The maximum atomic E-state index is 12.2. The summed E-state index contributed by atoms with van der Waals surface area (Å²) in [6, 6.07) is 11.2. The van der Waals surface area contributed by atoms with Gasteiger partial charge in [-0.3, -0.25) is 4.79 Å². The molecule has 0 bridgehead atoms. The molecule has 2 rings (SSSR count). The number of carbonyl (C=O) groups excluding carboxylic acids is 1. The maximum Gasteiger partial charge on any atom is 0.159 e. The van der Waals surface area contributed by atoms with E-state index >= 15 is 0 Å². The summed E-state index contributed by atoms with van der Waals surface area (Å²) >= 11 is 1.32. The van der Waals surface area contributed by atoms with Crippen LogP contribution in [-0.4, -0.2) is 10.8 Å². The van der Waals surface area contributed by atoms with Crippen LogP contribution in [0.15, 0.2) is 29.6 Å². The second-order valence-electron chi connectivity index (χ2n) is 5.03. The number of benzene rings is 1. The number of hydrogen-bond donors (Lipinski definition) is 0. The predicted octanol–water partition coefficient (Wildman–Crippen LogP) is 3.90. The van der Waals surface area contributed by atoms with Crippen LogP contribution in [0.4, 0.5) is 0 Å². The van der Waals surface area contributed by atoms with E-state index in [-0.39, 0.29) is 11.7 Å². The number of nitriles is 2. The van der Waals surface area contributed by atoms with Crippen LogP contribution < -0.4 is 0 Å². The maximum absolute atomic E-state index is 12.2. The highest BCUT2D eigenvalue weighted by Gasteiger charge is 2.27. The third-order valence-electron chi connectivity index (χ3n) is 3.59. The van der Waals surface area contributed by atoms with Crippen LogP contribution in [-0.2, 0) is 4.79 Å². The molecule has 5 heteroatoms. The normalized spacial score (nSPS) is 12.9. The number of carbonyl (C=O) groups is 1. The van der Waals surface area contributed by atoms with Gasteiger partial charge in [0.05, 0.1) is 23.4 Å². The van der Waals surface area contributed by atoms with Crippen molar-refractivity contribution in [3.8, 4) is 23.4 Å². The van der Waals surface area contributed by atoms with E-state index in [2.05, 4.69) is 17.1 Å². The van der Waals surface area contributed by atoms with E-state index < -0.39 is 5.92 Å². The van der Waals surface area contributed by atoms with Crippen LogP contribution >= 0.6 is 11.3 Å². The molecule has 0 aliphatic carbocycles. The Kier molecular flexibility index (Phi) is 5.04. The van der Waals surface area contributed by atoms with Gasteiger partial charge in [-0.25, -0.2) is 4.98 Å². The lowest BCUT2D eigenvalue weighted by Gasteiger charge is -2.10. The summed E-state index contributed by atoms with van der Waals surface area (Å²) < 4.78 is 0. The Hall–Kier alpha value is -2.50. The molecule has 0 spiro atoms. The molecule has 0 fully saturated rings. The summed E-state index contributed by atoms with van der Waals surface area (Å²) in [7, 11) is 0. The number of nitrogens with zero attached hydrogens (tertiary/aromatic N) is 3. The minimum atomic E-state index is -0.799. The Labute approximate surface area is 133 Å². The first-order chi connectivity index (χ1) is 10.6. The Bertz CT molecular complexity index is 749. The first-order valence-corrected chi connectivity index (χ1v) is 7.88. The van der Waals surface area contributed by atoms with E-state index in [4.69, 9.17) is 5.26 Å². The highest BCUT2D eigenvalue weighted by atomic mass is 32.1. The van der Waals surface area contributed by atoms with Crippen molar-refractivity contribution >= 4 is 17.1 Å². The van der Waals surface area contributed by atoms with Gasteiger partial charge in [0.1, 0.15) is 5.01 Å². The molecule has 1 aromatic carbocycles. The van der Waals surface area contributed by atoms with E-state index in [9.17, 15) is 10.1 Å². The third kappa shape index (κ3) is 3.21. The van der Waals surface area contributed by atoms with Crippen molar-refractivity contribution in [3.05, 3.63) is 40.2 Å². The Morgan fingerprint density at radius 2 is 2.00 bits per heavy atom. The van der Waals surface area contributed by atoms with Crippen LogP contribution in [0.1, 0.15) is 36.8 Å². The molecule has 2 atom stereocenters. The predicted molar refractivity (Wildman–Crippen MR) is 85.1 cm³/mol. The molecule has 0 saturated heterocycles. The summed E-state index contributed by atoms with van der Waals surface area (Å²) in [6.07, 6.45) is 0.713. The van der Waals surface area contributed by atoms with E-state index in [1.807, 2.05) is 31.4 Å². The van der Waals surface area contributed by atoms with Gasteiger partial charge in [0.25, 0.3) is 0 Å². The lowest BCUT2D eigenvalue weighted by Crippen LogP contribution is -2.18. The Balaban J connectivity index is 2.28. The summed E-state index contributed by atoms with van der Waals surface area (Å²) in [6.45, 7) is 3.77. The van der Waals surface area contributed by atoms with Crippen LogP contribution in [0.2, 0.25) is 0 Å². The van der Waals surface area contributed by atoms with Crippen LogP contribution in [0, 0.1) is 28.6 Å². The zero-order chi connectivity index (χ0) is 16.1. The van der Waals surface area contributed by atoms with Crippen molar-refractivity contribution in [1.29, 1.82) is 10.5 Å². The monoisotopic (exact) mass is 309 g/mol. The second-order valence-corrected chi connectivity index (χ2v) is 5.92. The standard InChI is InChI=1S/C17H15N3OS/c1-3-11(2)16(21)14(9-19)17-20-15(10-22-17)13-6-4-12(8-18)5-7-13/h4-7,10-11,14H,3H2,1-2H3/t11-,14-/m0/s1. The van der Waals surface area contributed by atoms with Crippen LogP contribution in [0.5, 0.6) is 0 Å². The third-order valence-corrected chi connectivity index (χ3v) is 4.50. The fourth-order valence-corrected chi connectivity index (χ4v) is 2.87. The van der Waals surface area contributed by atoms with E-state index in [1.54, 1.807) is 12.1 Å². The SMILES string of the molecule is CC[C@H](C)C(=O)[C@H](C#N)c1nc(-c2ccc(C#N)cc2)cs1. The molecule has 0 aliphatic heterocycles. The molecule has 0 unspecified atom stereocenters. The number of aromatic nitrogens is 1. The van der Waals surface area contributed by atoms with Gasteiger partial charge in [-0.05, 0) is 18.6 Å². The van der Waals surface area contributed by atoms with Gasteiger partial charge in [-0.15, -0.1) is 11.3 Å². The molecular weight excluding hydrogens is 294 g/mol. The van der Waals surface area contributed by atoms with Crippen molar-refractivity contribution in [2.24, 2.45) is 5.92 Å². The minimum absolute atomic E-state index is 0.0780. The van der Waals surface area contributed by atoms with E-state index in [1.165, 1.54) is 11.3 Å². The van der Waals surface area contributed by atoms with Gasteiger partial charge in [0.2, 0.25) is 0 Å². The number of thiazole rings is 1. The van der Waals surface area contributed by atoms with E-state index in [0.29, 0.717) is 17.0 Å². The van der Waals surface area contributed by atoms with Crippen molar-refractivity contribution in [1.82, 2.24) is 4.98 Å². The van der Waals surface area contributed by atoms with Crippen molar-refractivity contribution in [2.45, 2.75) is 26.2 Å². The summed E-state index contributed by atoms with van der Waals surface area (Å²) in [5, 5.41) is 20.5. The quantitative estimate of drug-likeness (QED) is 0.839. The largest absolute Gasteiger partial charge is 0.297 e. The van der Waals surface area contributed by atoms with Gasteiger partial charge in [0.15, 0.2) is 11.7 Å². The van der Waals surface area contributed by atoms with Gasteiger partial charge in [0, 0.05) is 16.9 Å². The van der Waals surface area contributed by atoms with Crippen molar-refractivity contribution < 1.29 is 4.79 Å². The number of Topliss-reactive ketones (excluding diaryl/α,β-unsaturated/α-hetero) is 1. The van der Waals surface area contributed by atoms with Crippen molar-refractivity contribution in [3.63, 3.8) is 0 Å². The molecule has 22 heavy (non-hydrogen) atoms. The Morgan fingerprint density at radius 3 is 2.55 bits per heavy atom. The highest BCUT2D eigenvalue weighted by molar-refractivity contribution is 7.10. The molecule has 110 valence electrons. The summed E-state index contributed by atoms with van der Waals surface area (Å²) in [5.41, 5.74) is 2.18. The number of rotatable bonds is 5. The number of ketones is 1. The molecule has 0 radical (unpaired) electrons. The zero-order valence-electron chi connectivity index (χ0n) is 12.4. The van der Waals surface area contributed by atoms with Gasteiger partial charge < -0.3 is 0 Å². The molecule has 0 aliphatic rings. The Morgan fingerprint density at radius 1 is 1.32 bits per heavy atom. The molecule has 2 aromatic rings. The number of hydrogen-bond acceptors (Lipinski definition) is 5. The first kappa shape index (κ1) is 15.9. The molecule has 0 saturated carbocycles. The minimum Gasteiger partial charge on any atom is -0.297 e. The van der Waals surface area contributed by atoms with E-state index in [0.717, 1.165) is 11.3 Å². The fourth-order valence-electron chi connectivity index (χ4n) is 1.99. The van der Waals surface area contributed by atoms with Crippen LogP contribution in [0.25, 0.3) is 11.3 Å². The molecular formula is C17H15N3OS. The lowest BCUT2D eigenvalue weighted by atomic mass is 9.93. The van der Waals surface area contributed by atoms with Crippen LogP contribution in [0.3, 0.4) is 0 Å². The molecule has 4 nitrogen and oxygen atoms in total. The lowest BCUT2D eigenvalue weighted by molar-refractivity contribution is -0.122. The topological polar surface area (TPSA) is 77.5 Å². The fraction of sp³-hybridized carbons (Fsp3) is 0.294. The smallest absolute Gasteiger partial charge is 0.159 e. The van der Waals surface area contributed by atoms with Gasteiger partial charge >= 0.3 is 0 Å². The summed E-state index contributed by atoms with van der Waals surface area (Å²) in [4.78, 5) is 16.7. The van der Waals surface area contributed by atoms with Crippen molar-refractivity contribution in [2.75, 3.05) is 0 Å². The highest BCUT2D eigenvalue weighted by Crippen LogP contribution is 2.29. The molecule has 1 aromatic heterocycles. The first-order valence-electron chi connectivity index (χ1n) is 7.00. The molecule has 1 heterocycles. The average molecular weight is 309 g/mol. The molecule has 0 amide bonds. The van der Waals surface area contributed by atoms with Gasteiger partial charge in [-0.1, -0.05) is 26.0 Å². The zero-order valence-corrected chi connectivity index (χ0v) is 13.2.